The van der Waals surface area contributed by atoms with E-state index in [9.17, 15) is 26.8 Å². The van der Waals surface area contributed by atoms with E-state index in [0.717, 1.165) is 23.5 Å². The minimum Gasteiger partial charge on any atom is -0.435 e. The van der Waals surface area contributed by atoms with Crippen molar-refractivity contribution >= 4 is 15.9 Å². The molecule has 1 aliphatic heterocycles. The molecule has 2 heterocycles. The molecular weight excluding hydrogens is 432 g/mol. The Balaban J connectivity index is 1.68. The molecule has 1 fully saturated rings. The predicted molar refractivity (Wildman–Crippen MR) is 108 cm³/mol. The minimum atomic E-state index is -3.71. The highest BCUT2D eigenvalue weighted by atomic mass is 32.2. The van der Waals surface area contributed by atoms with E-state index in [2.05, 4.69) is 4.74 Å². The normalized spacial score (nSPS) is 14.7. The quantitative estimate of drug-likeness (QED) is 0.607. The van der Waals surface area contributed by atoms with Crippen molar-refractivity contribution in [1.82, 2.24) is 13.8 Å². The van der Waals surface area contributed by atoms with Crippen molar-refractivity contribution in [3.63, 3.8) is 0 Å². The zero-order chi connectivity index (χ0) is 22.6. The molecule has 0 spiro atoms. The number of rotatable bonds is 8. The lowest BCUT2D eigenvalue weighted by atomic mass is 10.2. The number of carbonyl (C=O) groups excluding carboxylic acids is 1. The highest BCUT2D eigenvalue weighted by Crippen LogP contribution is 2.20. The first-order valence-electron chi connectivity index (χ1n) is 9.65. The smallest absolute Gasteiger partial charge is 0.387 e. The number of alkyl halides is 2. The van der Waals surface area contributed by atoms with Crippen molar-refractivity contribution in [3.8, 4) is 5.75 Å². The lowest BCUT2D eigenvalue weighted by Gasteiger charge is -2.19. The monoisotopic (exact) mass is 455 g/mol. The summed E-state index contributed by atoms with van der Waals surface area (Å²) in [6.45, 7) is -2.20. The maximum Gasteiger partial charge on any atom is 0.387 e. The molecule has 0 saturated carbocycles. The van der Waals surface area contributed by atoms with Gasteiger partial charge in [0.1, 0.15) is 12.3 Å². The zero-order valence-electron chi connectivity index (χ0n) is 16.9. The summed E-state index contributed by atoms with van der Waals surface area (Å²) in [6.07, 6.45) is 2.77. The summed E-state index contributed by atoms with van der Waals surface area (Å²) < 4.78 is 56.6. The Morgan fingerprint density at radius 2 is 1.77 bits per heavy atom. The molecule has 31 heavy (non-hydrogen) atoms. The van der Waals surface area contributed by atoms with Crippen molar-refractivity contribution in [3.05, 3.63) is 58.5 Å². The third kappa shape index (κ3) is 5.67. The number of nitrogens with zero attached hydrogens (tertiary/aromatic N) is 3. The van der Waals surface area contributed by atoms with Crippen molar-refractivity contribution in [2.24, 2.45) is 0 Å². The van der Waals surface area contributed by atoms with Crippen LogP contribution in [0, 0.1) is 0 Å². The highest BCUT2D eigenvalue weighted by Gasteiger charge is 2.27. The molecule has 8 nitrogen and oxygen atoms in total. The average molecular weight is 455 g/mol. The van der Waals surface area contributed by atoms with Gasteiger partial charge >= 0.3 is 6.61 Å². The number of sulfonamides is 1. The first kappa shape index (κ1) is 22.9. The van der Waals surface area contributed by atoms with Crippen LogP contribution in [0.15, 0.2) is 52.3 Å². The van der Waals surface area contributed by atoms with Crippen molar-refractivity contribution in [2.75, 3.05) is 20.1 Å². The Morgan fingerprint density at radius 3 is 2.39 bits per heavy atom. The summed E-state index contributed by atoms with van der Waals surface area (Å²) in [7, 11) is -2.18. The molecule has 11 heteroatoms. The Bertz CT molecular complexity index is 1080. The molecule has 1 aromatic carbocycles. The van der Waals surface area contributed by atoms with E-state index in [-0.39, 0.29) is 23.7 Å². The van der Waals surface area contributed by atoms with Gasteiger partial charge in [0.05, 0.1) is 4.90 Å². The number of ether oxygens (including phenoxy) is 1. The van der Waals surface area contributed by atoms with Crippen LogP contribution in [0.3, 0.4) is 0 Å². The molecule has 0 aliphatic carbocycles. The molecule has 0 unspecified atom stereocenters. The second-order valence-corrected chi connectivity index (χ2v) is 9.15. The highest BCUT2D eigenvalue weighted by molar-refractivity contribution is 7.89. The van der Waals surface area contributed by atoms with Crippen LogP contribution >= 0.6 is 0 Å². The maximum absolute atomic E-state index is 12.7. The van der Waals surface area contributed by atoms with Gasteiger partial charge in [-0.15, -0.1) is 0 Å². The summed E-state index contributed by atoms with van der Waals surface area (Å²) in [5, 5.41) is 0. The average Bonchev–Trinajstić information content (AvgIpc) is 3.26. The minimum absolute atomic E-state index is 0.00954. The summed E-state index contributed by atoms with van der Waals surface area (Å²) in [5.41, 5.74) is 0.186. The predicted octanol–water partition coefficient (Wildman–Crippen LogP) is 1.89. The Labute approximate surface area is 178 Å². The van der Waals surface area contributed by atoms with Gasteiger partial charge in [0.2, 0.25) is 15.9 Å². The van der Waals surface area contributed by atoms with E-state index in [1.165, 1.54) is 40.6 Å². The van der Waals surface area contributed by atoms with E-state index >= 15 is 0 Å². The molecule has 168 valence electrons. The number of benzene rings is 1. The number of amides is 1. The van der Waals surface area contributed by atoms with E-state index < -0.39 is 28.1 Å². The lowest BCUT2D eigenvalue weighted by molar-refractivity contribution is -0.131. The number of likely N-dealkylation sites (N-methyl/N-ethyl adjacent to an activating group) is 1. The Kier molecular flexibility index (Phi) is 7.06. The van der Waals surface area contributed by atoms with Crippen molar-refractivity contribution in [1.29, 1.82) is 0 Å². The molecular formula is C20H23F2N3O5S. The summed E-state index contributed by atoms with van der Waals surface area (Å²) in [6, 6.07) is 8.24. The molecule has 1 amide bonds. The fourth-order valence-corrected chi connectivity index (χ4v) is 4.81. The second kappa shape index (κ2) is 9.56. The van der Waals surface area contributed by atoms with Crippen LogP contribution < -0.4 is 10.3 Å². The molecule has 1 saturated heterocycles. The van der Waals surface area contributed by atoms with Crippen molar-refractivity contribution in [2.45, 2.75) is 37.4 Å². The van der Waals surface area contributed by atoms with Gasteiger partial charge in [-0.05, 0) is 36.6 Å². The third-order valence-corrected chi connectivity index (χ3v) is 6.84. The molecule has 1 aliphatic rings. The fourth-order valence-electron chi connectivity index (χ4n) is 3.27. The van der Waals surface area contributed by atoms with Crippen LogP contribution in [0.5, 0.6) is 5.75 Å². The molecule has 0 N–H and O–H groups in total. The van der Waals surface area contributed by atoms with Gasteiger partial charge in [-0.3, -0.25) is 9.59 Å². The van der Waals surface area contributed by atoms with Crippen LogP contribution in [0.4, 0.5) is 8.78 Å². The molecule has 1 aromatic heterocycles. The van der Waals surface area contributed by atoms with E-state index in [0.29, 0.717) is 18.7 Å². The van der Waals surface area contributed by atoms with Gasteiger partial charge in [-0.1, -0.05) is 12.1 Å². The topological polar surface area (TPSA) is 88.9 Å². The lowest BCUT2D eigenvalue weighted by Crippen LogP contribution is -2.34. The van der Waals surface area contributed by atoms with Crippen LogP contribution in [-0.2, 0) is 27.9 Å². The Hall–Kier alpha value is -2.79. The van der Waals surface area contributed by atoms with E-state index in [1.54, 1.807) is 12.1 Å². The number of aromatic nitrogens is 1. The van der Waals surface area contributed by atoms with Gasteiger partial charge in [0, 0.05) is 38.9 Å². The van der Waals surface area contributed by atoms with Crippen LogP contribution in [0.25, 0.3) is 0 Å². The van der Waals surface area contributed by atoms with Crippen LogP contribution in [-0.4, -0.2) is 54.8 Å². The summed E-state index contributed by atoms with van der Waals surface area (Å²) in [4.78, 5) is 26.1. The number of hydrogen-bond donors (Lipinski definition) is 0. The molecule has 3 rings (SSSR count). The standard InChI is InChI=1S/C20H23F2N3O5S/c1-23(12-15-4-6-16(7-5-15)30-20(21)22)19(27)14-24-13-17(8-9-18(24)26)31(28,29)25-10-2-3-11-25/h4-9,13,20H,2-3,10-12,14H2,1H3. The number of pyridine rings is 1. The number of halogens is 2. The van der Waals surface area contributed by atoms with Crippen LogP contribution in [0.1, 0.15) is 18.4 Å². The fraction of sp³-hybridized carbons (Fsp3) is 0.400. The van der Waals surface area contributed by atoms with Gasteiger partial charge in [0.15, 0.2) is 0 Å². The van der Waals surface area contributed by atoms with E-state index in [4.69, 9.17) is 0 Å². The second-order valence-electron chi connectivity index (χ2n) is 7.21. The van der Waals surface area contributed by atoms with Gasteiger partial charge in [0.25, 0.3) is 5.56 Å². The molecule has 0 atom stereocenters. The first-order chi connectivity index (χ1) is 14.7. The number of hydrogen-bond acceptors (Lipinski definition) is 5. The molecule has 2 aromatic rings. The third-order valence-electron chi connectivity index (χ3n) is 4.96. The Morgan fingerprint density at radius 1 is 1.13 bits per heavy atom. The number of carbonyl (C=O) groups is 1. The van der Waals surface area contributed by atoms with E-state index in [1.807, 2.05) is 0 Å². The largest absolute Gasteiger partial charge is 0.435 e. The molecule has 0 bridgehead atoms. The molecule has 0 radical (unpaired) electrons. The van der Waals surface area contributed by atoms with Gasteiger partial charge < -0.3 is 14.2 Å². The van der Waals surface area contributed by atoms with Gasteiger partial charge in [-0.2, -0.15) is 13.1 Å². The SMILES string of the molecule is CN(Cc1ccc(OC(F)F)cc1)C(=O)Cn1cc(S(=O)(=O)N2CCCC2)ccc1=O. The van der Waals surface area contributed by atoms with Crippen LogP contribution in [0.2, 0.25) is 0 Å². The maximum atomic E-state index is 12.7. The zero-order valence-corrected chi connectivity index (χ0v) is 17.7. The van der Waals surface area contributed by atoms with Gasteiger partial charge in [-0.25, -0.2) is 8.42 Å². The summed E-state index contributed by atoms with van der Waals surface area (Å²) >= 11 is 0. The van der Waals surface area contributed by atoms with Crippen molar-refractivity contribution < 1.29 is 26.7 Å². The first-order valence-corrected chi connectivity index (χ1v) is 11.1. The summed E-state index contributed by atoms with van der Waals surface area (Å²) in [5.74, 6) is -0.402.